The van der Waals surface area contributed by atoms with E-state index in [2.05, 4.69) is 20.5 Å². The average molecular weight is 396 g/mol. The number of rotatable bonds is 4. The fourth-order valence-electron chi connectivity index (χ4n) is 2.00. The minimum Gasteiger partial charge on any atom is -0.369 e. The Kier molecular flexibility index (Phi) is 5.33. The molecule has 0 unspecified atom stereocenters. The highest BCUT2D eigenvalue weighted by Crippen LogP contribution is 2.37. The van der Waals surface area contributed by atoms with Crippen molar-refractivity contribution in [2.24, 2.45) is 4.99 Å². The van der Waals surface area contributed by atoms with E-state index in [-0.39, 0.29) is 6.07 Å². The third-order valence-corrected chi connectivity index (χ3v) is 3.27. The normalized spacial score (nSPS) is 14.0. The van der Waals surface area contributed by atoms with Crippen molar-refractivity contribution in [3.8, 4) is 0 Å². The van der Waals surface area contributed by atoms with Crippen LogP contribution in [0.4, 0.5) is 32.3 Å². The van der Waals surface area contributed by atoms with Gasteiger partial charge in [0.1, 0.15) is 11.6 Å². The zero-order chi connectivity index (χ0) is 20.6. The monoisotopic (exact) mass is 396 g/mol. The third-order valence-electron chi connectivity index (χ3n) is 3.27. The smallest absolute Gasteiger partial charge is 0.369 e. The van der Waals surface area contributed by atoms with Gasteiger partial charge in [-0.25, -0.2) is 4.99 Å². The van der Waals surface area contributed by atoms with Crippen molar-refractivity contribution in [2.75, 3.05) is 19.4 Å². The number of nitrogens with one attached hydrogen (secondary N) is 1. The molecule has 2 aromatic rings. The summed E-state index contributed by atoms with van der Waals surface area (Å²) >= 11 is 0. The van der Waals surface area contributed by atoms with Crippen molar-refractivity contribution >= 4 is 23.8 Å². The standard InChI is InChI=1S/C14H14F6N6O/c1-7(11(27)21-6-25(2)3)22-12-24-23-10-9(14(18,19)20)4-8(5-26(10)12)13(15,16)17/h4-7H,1-3H3,(H,22,24)/t7-/m0/s1. The quantitative estimate of drug-likeness (QED) is 0.489. The average Bonchev–Trinajstić information content (AvgIpc) is 2.92. The Labute approximate surface area is 148 Å². The van der Waals surface area contributed by atoms with Crippen LogP contribution in [0.2, 0.25) is 0 Å². The van der Waals surface area contributed by atoms with Crippen molar-refractivity contribution in [3.05, 3.63) is 23.4 Å². The van der Waals surface area contributed by atoms with Crippen LogP contribution in [0.5, 0.6) is 0 Å². The number of halogens is 6. The Hall–Kier alpha value is -2.86. The van der Waals surface area contributed by atoms with E-state index in [1.807, 2.05) is 0 Å². The van der Waals surface area contributed by atoms with Crippen LogP contribution in [0.15, 0.2) is 17.3 Å². The number of amides is 1. The van der Waals surface area contributed by atoms with Gasteiger partial charge in [0.2, 0.25) is 5.95 Å². The summed E-state index contributed by atoms with van der Waals surface area (Å²) in [6, 6.07) is -1.11. The molecule has 0 aliphatic heterocycles. The molecule has 148 valence electrons. The summed E-state index contributed by atoms with van der Waals surface area (Å²) in [6.45, 7) is 1.33. The number of hydrogen-bond donors (Lipinski definition) is 1. The Morgan fingerprint density at radius 2 is 1.85 bits per heavy atom. The lowest BCUT2D eigenvalue weighted by atomic mass is 10.2. The fourth-order valence-corrected chi connectivity index (χ4v) is 2.00. The molecule has 1 atom stereocenters. The molecule has 2 heterocycles. The minimum atomic E-state index is -5.08. The molecule has 13 heteroatoms. The lowest BCUT2D eigenvalue weighted by Gasteiger charge is -2.14. The summed E-state index contributed by atoms with van der Waals surface area (Å²) in [5, 5.41) is 9.15. The van der Waals surface area contributed by atoms with E-state index in [4.69, 9.17) is 0 Å². The van der Waals surface area contributed by atoms with Crippen LogP contribution < -0.4 is 5.32 Å². The van der Waals surface area contributed by atoms with E-state index < -0.39 is 47.0 Å². The number of aliphatic imine (C=N–C) groups is 1. The molecule has 0 bridgehead atoms. The number of pyridine rings is 1. The van der Waals surface area contributed by atoms with Crippen molar-refractivity contribution in [2.45, 2.75) is 25.3 Å². The number of fused-ring (bicyclic) bond motifs is 1. The lowest BCUT2D eigenvalue weighted by molar-refractivity contribution is -0.142. The first kappa shape index (κ1) is 20.5. The Morgan fingerprint density at radius 1 is 1.22 bits per heavy atom. The summed E-state index contributed by atoms with van der Waals surface area (Å²) in [5.74, 6) is -1.16. The molecule has 1 amide bonds. The van der Waals surface area contributed by atoms with Crippen LogP contribution >= 0.6 is 0 Å². The molecule has 0 aliphatic rings. The number of anilines is 1. The van der Waals surface area contributed by atoms with Crippen molar-refractivity contribution < 1.29 is 31.1 Å². The highest BCUT2D eigenvalue weighted by molar-refractivity contribution is 5.89. The van der Waals surface area contributed by atoms with Crippen LogP contribution in [0.25, 0.3) is 5.65 Å². The van der Waals surface area contributed by atoms with Crippen molar-refractivity contribution in [3.63, 3.8) is 0 Å². The molecule has 1 N–H and O–H groups in total. The van der Waals surface area contributed by atoms with Crippen LogP contribution in [0, 0.1) is 0 Å². The topological polar surface area (TPSA) is 74.9 Å². The third kappa shape index (κ3) is 4.65. The van der Waals surface area contributed by atoms with Gasteiger partial charge in [0.15, 0.2) is 5.65 Å². The molecule has 7 nitrogen and oxygen atoms in total. The van der Waals surface area contributed by atoms with Gasteiger partial charge in [-0.3, -0.25) is 9.20 Å². The molecule has 0 saturated carbocycles. The fraction of sp³-hybridized carbons (Fsp3) is 0.429. The Morgan fingerprint density at radius 3 is 2.37 bits per heavy atom. The van der Waals surface area contributed by atoms with E-state index in [1.165, 1.54) is 18.2 Å². The zero-order valence-electron chi connectivity index (χ0n) is 14.2. The molecule has 0 aliphatic carbocycles. The zero-order valence-corrected chi connectivity index (χ0v) is 14.2. The molecule has 0 saturated heterocycles. The van der Waals surface area contributed by atoms with E-state index in [0.29, 0.717) is 10.6 Å². The molecule has 2 rings (SSSR count). The number of carbonyl (C=O) groups excluding carboxylic acids is 1. The van der Waals surface area contributed by atoms with Gasteiger partial charge in [-0.15, -0.1) is 10.2 Å². The summed E-state index contributed by atoms with van der Waals surface area (Å²) < 4.78 is 78.8. The molecule has 0 spiro atoms. The van der Waals surface area contributed by atoms with Gasteiger partial charge in [-0.1, -0.05) is 0 Å². The second kappa shape index (κ2) is 7.04. The van der Waals surface area contributed by atoms with Crippen LogP contribution in [0.1, 0.15) is 18.1 Å². The largest absolute Gasteiger partial charge is 0.420 e. The minimum absolute atomic E-state index is 0.0379. The molecular formula is C14H14F6N6O. The van der Waals surface area contributed by atoms with Gasteiger partial charge in [-0.05, 0) is 13.0 Å². The number of carbonyl (C=O) groups is 1. The first-order valence-electron chi connectivity index (χ1n) is 7.35. The number of alkyl halides is 6. The summed E-state index contributed by atoms with van der Waals surface area (Å²) in [5.41, 5.74) is -3.95. The second-order valence-electron chi connectivity index (χ2n) is 5.77. The van der Waals surface area contributed by atoms with Gasteiger partial charge in [0.25, 0.3) is 5.91 Å². The van der Waals surface area contributed by atoms with E-state index in [0.717, 1.165) is 0 Å². The number of hydrogen-bond acceptors (Lipinski definition) is 4. The van der Waals surface area contributed by atoms with Crippen LogP contribution in [0.3, 0.4) is 0 Å². The van der Waals surface area contributed by atoms with Crippen LogP contribution in [-0.4, -0.2) is 51.9 Å². The van der Waals surface area contributed by atoms with E-state index in [1.54, 1.807) is 14.1 Å². The van der Waals surface area contributed by atoms with Gasteiger partial charge in [-0.2, -0.15) is 26.3 Å². The molecule has 0 fully saturated rings. The van der Waals surface area contributed by atoms with Crippen molar-refractivity contribution in [1.82, 2.24) is 19.5 Å². The maximum absolute atomic E-state index is 13.1. The maximum atomic E-state index is 13.1. The second-order valence-corrected chi connectivity index (χ2v) is 5.77. The molecule has 27 heavy (non-hydrogen) atoms. The number of aromatic nitrogens is 3. The van der Waals surface area contributed by atoms with E-state index in [9.17, 15) is 31.1 Å². The lowest BCUT2D eigenvalue weighted by Crippen LogP contribution is -2.27. The van der Waals surface area contributed by atoms with Gasteiger partial charge in [0.05, 0.1) is 11.9 Å². The number of nitrogens with zero attached hydrogens (tertiary/aromatic N) is 5. The first-order chi connectivity index (χ1) is 12.3. The molecule has 0 aromatic carbocycles. The Balaban J connectivity index is 2.49. The summed E-state index contributed by atoms with van der Waals surface area (Å²) in [7, 11) is 3.22. The SMILES string of the molecule is C[C@H](Nc1nnc2c(C(F)(F)F)cc(C(F)(F)F)cn12)C(=O)N=CN(C)C. The highest BCUT2D eigenvalue weighted by Gasteiger charge is 2.39. The summed E-state index contributed by atoms with van der Waals surface area (Å²) in [6.07, 6.45) is -8.48. The highest BCUT2D eigenvalue weighted by atomic mass is 19.4. The van der Waals surface area contributed by atoms with Gasteiger partial charge >= 0.3 is 12.4 Å². The molecule has 0 radical (unpaired) electrons. The predicted octanol–water partition coefficient (Wildman–Crippen LogP) is 2.68. The van der Waals surface area contributed by atoms with Gasteiger partial charge < -0.3 is 10.2 Å². The maximum Gasteiger partial charge on any atom is 0.420 e. The van der Waals surface area contributed by atoms with E-state index >= 15 is 0 Å². The first-order valence-corrected chi connectivity index (χ1v) is 7.35. The van der Waals surface area contributed by atoms with Gasteiger partial charge in [0, 0.05) is 20.3 Å². The molecular weight excluding hydrogens is 382 g/mol. The predicted molar refractivity (Wildman–Crippen MR) is 83.3 cm³/mol. The van der Waals surface area contributed by atoms with Crippen molar-refractivity contribution in [1.29, 1.82) is 0 Å². The molecule has 2 aromatic heterocycles. The Bertz CT molecular complexity index is 869. The summed E-state index contributed by atoms with van der Waals surface area (Å²) in [4.78, 5) is 16.9. The van der Waals surface area contributed by atoms with Crippen LogP contribution in [-0.2, 0) is 17.1 Å².